The summed E-state index contributed by atoms with van der Waals surface area (Å²) < 4.78 is 21.8. The zero-order valence-electron chi connectivity index (χ0n) is 23.1. The summed E-state index contributed by atoms with van der Waals surface area (Å²) in [6.07, 6.45) is 2.22. The van der Waals surface area contributed by atoms with Crippen molar-refractivity contribution in [1.29, 1.82) is 0 Å². The van der Waals surface area contributed by atoms with Gasteiger partial charge in [0.15, 0.2) is 0 Å². The summed E-state index contributed by atoms with van der Waals surface area (Å²) in [6.45, 7) is 4.13. The van der Waals surface area contributed by atoms with Crippen molar-refractivity contribution >= 4 is 17.7 Å². The maximum atomic E-state index is 13.0. The van der Waals surface area contributed by atoms with Gasteiger partial charge >= 0.3 is 6.09 Å². The lowest BCUT2D eigenvalue weighted by Crippen LogP contribution is -2.61. The zero-order valence-corrected chi connectivity index (χ0v) is 23.1. The molecule has 1 aromatic carbocycles. The van der Waals surface area contributed by atoms with Crippen molar-refractivity contribution in [3.8, 4) is 11.5 Å². The maximum absolute atomic E-state index is 13.0. The van der Waals surface area contributed by atoms with Crippen LogP contribution in [0.15, 0.2) is 41.0 Å². The zero-order chi connectivity index (χ0) is 28.2. The van der Waals surface area contributed by atoms with Gasteiger partial charge in [0, 0.05) is 30.0 Å². The standard InChI is InChI=1S/C29H40N2O8/c1-28-10-9-25(39-27(35)31-18-12-20(36-3)14-21(13-18)37-4)29(2,17-32)24(28)8-7-23(33)22(28)15-26(34)30-16-19-6-5-11-38-19/h5-6,11-14,22-25,32-33H,7-10,15-17H2,1-4H3,(H,30,34)(H,31,35). The van der Waals surface area contributed by atoms with Gasteiger partial charge in [-0.05, 0) is 55.1 Å². The fourth-order valence-corrected chi connectivity index (χ4v) is 6.81. The Hall–Kier alpha value is -3.24. The highest BCUT2D eigenvalue weighted by Crippen LogP contribution is 2.61. The molecule has 10 heteroatoms. The van der Waals surface area contributed by atoms with Gasteiger partial charge in [0.2, 0.25) is 5.91 Å². The van der Waals surface area contributed by atoms with Crippen LogP contribution in [0.25, 0.3) is 0 Å². The van der Waals surface area contributed by atoms with Gasteiger partial charge < -0.3 is 34.2 Å². The van der Waals surface area contributed by atoms with Gasteiger partial charge in [-0.15, -0.1) is 0 Å². The molecular weight excluding hydrogens is 504 g/mol. The second kappa shape index (κ2) is 11.9. The van der Waals surface area contributed by atoms with Crippen molar-refractivity contribution in [2.45, 2.75) is 64.7 Å². The molecule has 2 aliphatic rings. The van der Waals surface area contributed by atoms with Crippen LogP contribution in [0.3, 0.4) is 0 Å². The van der Waals surface area contributed by atoms with E-state index in [0.717, 1.165) is 0 Å². The van der Waals surface area contributed by atoms with Crippen molar-refractivity contribution in [3.05, 3.63) is 42.4 Å². The molecule has 39 heavy (non-hydrogen) atoms. The molecule has 6 atom stereocenters. The highest BCUT2D eigenvalue weighted by molar-refractivity contribution is 5.85. The van der Waals surface area contributed by atoms with Crippen LogP contribution in [0, 0.1) is 22.7 Å². The van der Waals surface area contributed by atoms with Gasteiger partial charge in [-0.2, -0.15) is 0 Å². The molecule has 1 heterocycles. The predicted molar refractivity (Wildman–Crippen MR) is 143 cm³/mol. The molecule has 6 unspecified atom stereocenters. The average Bonchev–Trinajstić information content (AvgIpc) is 3.45. The van der Waals surface area contributed by atoms with Gasteiger partial charge in [0.25, 0.3) is 0 Å². The molecule has 2 saturated carbocycles. The summed E-state index contributed by atoms with van der Waals surface area (Å²) in [5, 5.41) is 27.3. The van der Waals surface area contributed by atoms with Gasteiger partial charge in [-0.25, -0.2) is 4.79 Å². The van der Waals surface area contributed by atoms with Crippen LogP contribution in [0.5, 0.6) is 11.5 Å². The molecule has 0 bridgehead atoms. The first kappa shape index (κ1) is 28.8. The Kier molecular flexibility index (Phi) is 8.76. The van der Waals surface area contributed by atoms with Crippen LogP contribution in [0.1, 0.15) is 51.7 Å². The lowest BCUT2D eigenvalue weighted by Gasteiger charge is -2.60. The molecule has 0 spiro atoms. The van der Waals surface area contributed by atoms with Crippen molar-refractivity contribution < 1.29 is 38.4 Å². The molecule has 0 aliphatic heterocycles. The Morgan fingerprint density at radius 1 is 1.10 bits per heavy atom. The number of carbonyl (C=O) groups is 2. The second-order valence-corrected chi connectivity index (χ2v) is 11.2. The molecule has 10 nitrogen and oxygen atoms in total. The quantitative estimate of drug-likeness (QED) is 0.370. The Balaban J connectivity index is 1.46. The Bertz CT molecular complexity index is 1120. The van der Waals surface area contributed by atoms with Crippen LogP contribution in [-0.4, -0.2) is 55.2 Å². The molecule has 4 rings (SSSR count). The number of rotatable bonds is 9. The Morgan fingerprint density at radius 2 is 1.82 bits per heavy atom. The van der Waals surface area contributed by atoms with E-state index < -0.39 is 29.1 Å². The number of ether oxygens (including phenoxy) is 3. The molecule has 4 N–H and O–H groups in total. The van der Waals surface area contributed by atoms with Crippen molar-refractivity contribution in [2.75, 3.05) is 26.1 Å². The van der Waals surface area contributed by atoms with E-state index in [4.69, 9.17) is 18.6 Å². The van der Waals surface area contributed by atoms with Gasteiger partial charge in [-0.3, -0.25) is 10.1 Å². The van der Waals surface area contributed by atoms with Crippen LogP contribution in [-0.2, 0) is 16.1 Å². The number of furan rings is 1. The minimum atomic E-state index is -0.751. The first-order chi connectivity index (χ1) is 18.6. The molecule has 214 valence electrons. The third-order valence-electron chi connectivity index (χ3n) is 8.97. The lowest BCUT2D eigenvalue weighted by atomic mass is 9.46. The number of hydrogen-bond acceptors (Lipinski definition) is 8. The van der Waals surface area contributed by atoms with E-state index in [1.807, 2.05) is 6.92 Å². The predicted octanol–water partition coefficient (Wildman–Crippen LogP) is 4.11. The van der Waals surface area contributed by atoms with E-state index in [0.29, 0.717) is 48.6 Å². The summed E-state index contributed by atoms with van der Waals surface area (Å²) in [7, 11) is 3.05. The van der Waals surface area contributed by atoms with Crippen LogP contribution in [0.4, 0.5) is 10.5 Å². The van der Waals surface area contributed by atoms with E-state index in [9.17, 15) is 19.8 Å². The molecular formula is C29H40N2O8. The SMILES string of the molecule is COc1cc(NC(=O)OC2CCC3(C)C(CC(=O)NCc4ccco4)C(O)CCC3C2(C)CO)cc(OC)c1. The first-order valence-electron chi connectivity index (χ1n) is 13.4. The third kappa shape index (κ3) is 6.01. The minimum Gasteiger partial charge on any atom is -0.497 e. The smallest absolute Gasteiger partial charge is 0.411 e. The fraction of sp³-hybridized carbons (Fsp3) is 0.586. The van der Waals surface area contributed by atoms with Crippen molar-refractivity contribution in [1.82, 2.24) is 5.32 Å². The average molecular weight is 545 g/mol. The number of fused-ring (bicyclic) bond motifs is 1. The van der Waals surface area contributed by atoms with E-state index in [1.54, 1.807) is 36.6 Å². The summed E-state index contributed by atoms with van der Waals surface area (Å²) in [5.74, 6) is 1.20. The number of benzene rings is 1. The maximum Gasteiger partial charge on any atom is 0.411 e. The first-order valence-corrected chi connectivity index (χ1v) is 13.4. The number of anilines is 1. The van der Waals surface area contributed by atoms with E-state index >= 15 is 0 Å². The number of hydrogen-bond donors (Lipinski definition) is 4. The van der Waals surface area contributed by atoms with Crippen LogP contribution >= 0.6 is 0 Å². The number of aliphatic hydroxyl groups is 2. The van der Waals surface area contributed by atoms with Crippen molar-refractivity contribution in [2.24, 2.45) is 22.7 Å². The molecule has 2 fully saturated rings. The van der Waals surface area contributed by atoms with Gasteiger partial charge in [-0.1, -0.05) is 13.8 Å². The number of nitrogens with one attached hydrogen (secondary N) is 2. The Labute approximate surface area is 229 Å². The molecule has 0 saturated heterocycles. The minimum absolute atomic E-state index is 0.0651. The number of carbonyl (C=O) groups excluding carboxylic acids is 2. The Morgan fingerprint density at radius 3 is 2.44 bits per heavy atom. The van der Waals surface area contributed by atoms with Crippen LogP contribution in [0.2, 0.25) is 0 Å². The third-order valence-corrected chi connectivity index (χ3v) is 8.97. The molecule has 2 aromatic rings. The van der Waals surface area contributed by atoms with Gasteiger partial charge in [0.05, 0.1) is 45.4 Å². The highest BCUT2D eigenvalue weighted by atomic mass is 16.6. The number of methoxy groups -OCH3 is 2. The summed E-state index contributed by atoms with van der Waals surface area (Å²) in [6, 6.07) is 8.59. The molecule has 2 amide bonds. The second-order valence-electron chi connectivity index (χ2n) is 11.2. The topological polar surface area (TPSA) is 139 Å². The largest absolute Gasteiger partial charge is 0.497 e. The van der Waals surface area contributed by atoms with Crippen LogP contribution < -0.4 is 20.1 Å². The molecule has 1 aromatic heterocycles. The summed E-state index contributed by atoms with van der Waals surface area (Å²) in [4.78, 5) is 25.8. The van der Waals surface area contributed by atoms with Gasteiger partial charge in [0.1, 0.15) is 23.4 Å². The van der Waals surface area contributed by atoms with E-state index in [2.05, 4.69) is 17.6 Å². The fourth-order valence-electron chi connectivity index (χ4n) is 6.81. The lowest BCUT2D eigenvalue weighted by molar-refractivity contribution is -0.185. The normalized spacial score (nSPS) is 30.1. The van der Waals surface area contributed by atoms with E-state index in [1.165, 1.54) is 14.2 Å². The molecule has 0 radical (unpaired) electrons. The van der Waals surface area contributed by atoms with Crippen molar-refractivity contribution in [3.63, 3.8) is 0 Å². The molecule has 2 aliphatic carbocycles. The number of aliphatic hydroxyl groups excluding tert-OH is 2. The summed E-state index contributed by atoms with van der Waals surface area (Å²) >= 11 is 0. The monoisotopic (exact) mass is 544 g/mol. The highest BCUT2D eigenvalue weighted by Gasteiger charge is 2.60. The number of amides is 2. The van der Waals surface area contributed by atoms with E-state index in [-0.39, 0.29) is 37.3 Å². The summed E-state index contributed by atoms with van der Waals surface area (Å²) in [5.41, 5.74) is -0.711.